The molecule has 1 radical (unpaired) electrons. The minimum absolute atomic E-state index is 0. The van der Waals surface area contributed by atoms with Gasteiger partial charge in [-0.1, -0.05) is 0 Å². The number of hydrogen-bond acceptors (Lipinski definition) is 0. The maximum absolute atomic E-state index is 12.0. The van der Waals surface area contributed by atoms with Crippen LogP contribution in [0.25, 0.3) is 0 Å². The monoisotopic (exact) mass is 220 g/mol. The molecular weight excluding hydrogens is 218 g/mol. The van der Waals surface area contributed by atoms with E-state index in [1.54, 1.807) is 0 Å². The molecule has 0 N–H and O–H groups in total. The average molecular weight is 220 g/mol. The molecule has 0 aliphatic carbocycles. The molecule has 51 valence electrons. The van der Waals surface area contributed by atoms with Crippen LogP contribution in [0.2, 0.25) is 0 Å². The number of rotatable bonds is 0. The summed E-state index contributed by atoms with van der Waals surface area (Å²) < 4.78 is 35.8. The summed E-state index contributed by atoms with van der Waals surface area (Å²) in [5, 5.41) is 0. The van der Waals surface area contributed by atoms with Crippen LogP contribution in [0.3, 0.4) is 0 Å². The molecule has 1 aromatic rings. The summed E-state index contributed by atoms with van der Waals surface area (Å²) in [6, 6.07) is 3.55. The van der Waals surface area contributed by atoms with Gasteiger partial charge in [0.05, 0.1) is 5.82 Å². The first-order valence-corrected chi connectivity index (χ1v) is 2.22. The standard InChI is InChI=1S/C6H2F3.Y/c7-4-2-1-3-5(8)6(4)9;/h2-3H;/q-1;. The smallest absolute Gasteiger partial charge is 0.0836 e. The van der Waals surface area contributed by atoms with Crippen molar-refractivity contribution in [3.63, 3.8) is 0 Å². The van der Waals surface area contributed by atoms with Crippen molar-refractivity contribution in [1.29, 1.82) is 0 Å². The van der Waals surface area contributed by atoms with Gasteiger partial charge in [0.15, 0.2) is 0 Å². The van der Waals surface area contributed by atoms with Gasteiger partial charge in [0.1, 0.15) is 0 Å². The van der Waals surface area contributed by atoms with E-state index in [-0.39, 0.29) is 32.7 Å². The SMILES string of the molecule is Fc1c[c-]cc(F)c1F.[Y]. The average Bonchev–Trinajstić information content (AvgIpc) is 1.83. The number of benzene rings is 1. The fourth-order valence-corrected chi connectivity index (χ4v) is 0.429. The molecule has 0 atom stereocenters. The van der Waals surface area contributed by atoms with Crippen LogP contribution in [-0.2, 0) is 32.7 Å². The Balaban J connectivity index is 0.000000810. The molecule has 10 heavy (non-hydrogen) atoms. The van der Waals surface area contributed by atoms with E-state index in [0.29, 0.717) is 0 Å². The number of halogens is 3. The van der Waals surface area contributed by atoms with E-state index in [9.17, 15) is 13.2 Å². The molecule has 0 heterocycles. The Morgan fingerprint density at radius 3 is 1.70 bits per heavy atom. The van der Waals surface area contributed by atoms with Crippen molar-refractivity contribution in [2.24, 2.45) is 0 Å². The third-order valence-corrected chi connectivity index (χ3v) is 0.839. The summed E-state index contributed by atoms with van der Waals surface area (Å²) in [7, 11) is 0. The second-order valence-electron chi connectivity index (χ2n) is 1.47. The van der Waals surface area contributed by atoms with E-state index in [4.69, 9.17) is 0 Å². The molecule has 0 amide bonds. The van der Waals surface area contributed by atoms with Gasteiger partial charge in [-0.15, -0.1) is 12.1 Å². The second kappa shape index (κ2) is 4.09. The molecular formula is C6H2F3Y-. The van der Waals surface area contributed by atoms with E-state index in [0.717, 1.165) is 12.1 Å². The largest absolute Gasteiger partial charge is 0.281 e. The van der Waals surface area contributed by atoms with Crippen LogP contribution in [-0.4, -0.2) is 0 Å². The Hall–Kier alpha value is 0.114. The Morgan fingerprint density at radius 1 is 1.00 bits per heavy atom. The minimum Gasteiger partial charge on any atom is -0.281 e. The summed E-state index contributed by atoms with van der Waals surface area (Å²) in [4.78, 5) is 0. The van der Waals surface area contributed by atoms with E-state index in [1.807, 2.05) is 0 Å². The molecule has 1 rings (SSSR count). The Labute approximate surface area is 81.3 Å². The maximum Gasteiger partial charge on any atom is 0.0836 e. The summed E-state index contributed by atoms with van der Waals surface area (Å²) in [5.41, 5.74) is 0. The summed E-state index contributed by atoms with van der Waals surface area (Å²) in [6.45, 7) is 0. The van der Waals surface area contributed by atoms with Gasteiger partial charge in [-0.25, -0.2) is 4.39 Å². The van der Waals surface area contributed by atoms with E-state index >= 15 is 0 Å². The molecule has 0 spiro atoms. The van der Waals surface area contributed by atoms with E-state index < -0.39 is 17.5 Å². The van der Waals surface area contributed by atoms with E-state index in [1.165, 1.54) is 0 Å². The van der Waals surface area contributed by atoms with Crippen molar-refractivity contribution in [2.75, 3.05) is 0 Å². The normalized spacial score (nSPS) is 8.70. The molecule has 0 aromatic heterocycles. The van der Waals surface area contributed by atoms with Crippen molar-refractivity contribution in [3.05, 3.63) is 35.7 Å². The second-order valence-corrected chi connectivity index (χ2v) is 1.47. The van der Waals surface area contributed by atoms with Gasteiger partial charge in [-0.05, 0) is 0 Å². The van der Waals surface area contributed by atoms with Crippen LogP contribution < -0.4 is 0 Å². The zero-order valence-electron chi connectivity index (χ0n) is 4.87. The fourth-order valence-electron chi connectivity index (χ4n) is 0.429. The van der Waals surface area contributed by atoms with Gasteiger partial charge in [-0.3, -0.25) is 8.78 Å². The fraction of sp³-hybridized carbons (Fsp3) is 0. The molecule has 0 aliphatic rings. The first kappa shape index (κ1) is 10.1. The quantitative estimate of drug-likeness (QED) is 0.462. The maximum atomic E-state index is 12.0. The zero-order valence-corrected chi connectivity index (χ0v) is 7.70. The van der Waals surface area contributed by atoms with Crippen molar-refractivity contribution in [2.45, 2.75) is 0 Å². The van der Waals surface area contributed by atoms with Crippen LogP contribution in [0.1, 0.15) is 0 Å². The van der Waals surface area contributed by atoms with Gasteiger partial charge in [-0.2, -0.15) is 6.07 Å². The predicted octanol–water partition coefficient (Wildman–Crippen LogP) is 1.90. The predicted molar refractivity (Wildman–Crippen MR) is 25.2 cm³/mol. The summed E-state index contributed by atoms with van der Waals surface area (Å²) in [5.74, 6) is -3.88. The van der Waals surface area contributed by atoms with Crippen LogP contribution in [0.4, 0.5) is 13.2 Å². The summed E-state index contributed by atoms with van der Waals surface area (Å²) >= 11 is 0. The number of hydrogen-bond donors (Lipinski definition) is 0. The van der Waals surface area contributed by atoms with E-state index in [2.05, 4.69) is 6.07 Å². The third kappa shape index (κ3) is 2.06. The van der Waals surface area contributed by atoms with Crippen molar-refractivity contribution in [1.82, 2.24) is 0 Å². The molecule has 0 unspecified atom stereocenters. The van der Waals surface area contributed by atoms with Crippen molar-refractivity contribution < 1.29 is 45.9 Å². The molecule has 0 aliphatic heterocycles. The van der Waals surface area contributed by atoms with Gasteiger partial charge in [0.25, 0.3) is 0 Å². The van der Waals surface area contributed by atoms with Crippen LogP contribution in [0.15, 0.2) is 12.1 Å². The van der Waals surface area contributed by atoms with Crippen LogP contribution in [0.5, 0.6) is 0 Å². The molecule has 0 saturated heterocycles. The van der Waals surface area contributed by atoms with Gasteiger partial charge >= 0.3 is 0 Å². The molecule has 0 saturated carbocycles. The zero-order chi connectivity index (χ0) is 6.85. The van der Waals surface area contributed by atoms with Gasteiger partial charge in [0.2, 0.25) is 0 Å². The minimum atomic E-state index is -1.45. The van der Waals surface area contributed by atoms with Crippen molar-refractivity contribution >= 4 is 0 Å². The first-order valence-electron chi connectivity index (χ1n) is 2.22. The van der Waals surface area contributed by atoms with Gasteiger partial charge in [0, 0.05) is 44.3 Å². The Bertz CT molecular complexity index is 204. The van der Waals surface area contributed by atoms with Crippen LogP contribution in [0, 0.1) is 23.5 Å². The topological polar surface area (TPSA) is 0 Å². The molecule has 0 fully saturated rings. The molecule has 1 aromatic carbocycles. The van der Waals surface area contributed by atoms with Crippen molar-refractivity contribution in [3.8, 4) is 0 Å². The molecule has 4 heteroatoms. The first-order chi connectivity index (χ1) is 4.22. The van der Waals surface area contributed by atoms with Crippen LogP contribution >= 0.6 is 0 Å². The Morgan fingerprint density at radius 2 is 1.40 bits per heavy atom. The Kier molecular flexibility index (Phi) is 4.14. The molecule has 0 bridgehead atoms. The molecule has 0 nitrogen and oxygen atoms in total. The summed E-state index contributed by atoms with van der Waals surface area (Å²) in [6.07, 6.45) is 0. The van der Waals surface area contributed by atoms with Gasteiger partial charge < -0.3 is 0 Å². The third-order valence-electron chi connectivity index (χ3n) is 0.839.